The van der Waals surface area contributed by atoms with E-state index in [0.29, 0.717) is 23.8 Å². The second-order valence-electron chi connectivity index (χ2n) is 8.06. The molecule has 0 radical (unpaired) electrons. The van der Waals surface area contributed by atoms with Gasteiger partial charge in [-0.3, -0.25) is 9.78 Å². The van der Waals surface area contributed by atoms with Crippen LogP contribution in [0.2, 0.25) is 0 Å². The van der Waals surface area contributed by atoms with Crippen molar-refractivity contribution in [1.29, 1.82) is 0 Å². The summed E-state index contributed by atoms with van der Waals surface area (Å²) in [4.78, 5) is 18.6. The average molecular weight is 359 g/mol. The lowest BCUT2D eigenvalue weighted by Crippen LogP contribution is -2.49. The lowest BCUT2D eigenvalue weighted by atomic mass is 9.75. The Balaban J connectivity index is 1.39. The van der Waals surface area contributed by atoms with E-state index in [1.165, 1.54) is 0 Å². The van der Waals surface area contributed by atoms with Crippen LogP contribution in [0.5, 0.6) is 5.75 Å². The predicted octanol–water partition coefficient (Wildman–Crippen LogP) is 1.89. The lowest BCUT2D eigenvalue weighted by Gasteiger charge is -2.42. The van der Waals surface area contributed by atoms with Gasteiger partial charge in [0.05, 0.1) is 19.4 Å². The molecule has 2 saturated carbocycles. The fourth-order valence-electron chi connectivity index (χ4n) is 4.23. The number of nitrogens with one attached hydrogen (secondary N) is 1. The molecule has 1 unspecified atom stereocenters. The standard InChI is InChI=1S/C20H29N3O3/c1-26-18-10-15(11-21-12-18)19(14-8-17(24)9-14)22-16-4-6-23(7-5-16)20(25)13-2-3-13/h10-14,16-17,19,22,24H,2-9H2,1H3. The van der Waals surface area contributed by atoms with Crippen LogP contribution in [0.25, 0.3) is 0 Å². The Bertz CT molecular complexity index is 635. The molecule has 2 aliphatic carbocycles. The maximum atomic E-state index is 12.2. The number of methoxy groups -OCH3 is 1. The Morgan fingerprint density at radius 1 is 1.27 bits per heavy atom. The van der Waals surface area contributed by atoms with Gasteiger partial charge in [-0.2, -0.15) is 0 Å². The highest BCUT2D eigenvalue weighted by Gasteiger charge is 2.38. The van der Waals surface area contributed by atoms with Gasteiger partial charge in [0.25, 0.3) is 0 Å². The van der Waals surface area contributed by atoms with Gasteiger partial charge in [0.15, 0.2) is 0 Å². The van der Waals surface area contributed by atoms with Gasteiger partial charge >= 0.3 is 0 Å². The highest BCUT2D eigenvalue weighted by molar-refractivity contribution is 5.81. The van der Waals surface area contributed by atoms with Gasteiger partial charge in [-0.25, -0.2) is 0 Å². The van der Waals surface area contributed by atoms with Crippen molar-refractivity contribution in [2.45, 2.75) is 56.7 Å². The lowest BCUT2D eigenvalue weighted by molar-refractivity contribution is -0.133. The largest absolute Gasteiger partial charge is 0.495 e. The molecule has 0 bridgehead atoms. The second-order valence-corrected chi connectivity index (χ2v) is 8.06. The topological polar surface area (TPSA) is 74.7 Å². The van der Waals surface area contributed by atoms with Gasteiger partial charge in [-0.05, 0) is 56.1 Å². The highest BCUT2D eigenvalue weighted by atomic mass is 16.5. The monoisotopic (exact) mass is 359 g/mol. The van der Waals surface area contributed by atoms with Crippen molar-refractivity contribution in [2.24, 2.45) is 11.8 Å². The Kier molecular flexibility index (Phi) is 5.14. The Labute approximate surface area is 154 Å². The summed E-state index contributed by atoms with van der Waals surface area (Å²) in [7, 11) is 1.66. The molecule has 26 heavy (non-hydrogen) atoms. The maximum Gasteiger partial charge on any atom is 0.225 e. The first-order valence-corrected chi connectivity index (χ1v) is 9.86. The minimum Gasteiger partial charge on any atom is -0.495 e. The number of ether oxygens (including phenoxy) is 1. The SMILES string of the molecule is COc1cncc(C(NC2CCN(C(=O)C3CC3)CC2)C2CC(O)C2)c1. The number of carbonyl (C=O) groups is 1. The number of amides is 1. The van der Waals surface area contributed by atoms with Crippen LogP contribution in [0.3, 0.4) is 0 Å². The molecule has 3 fully saturated rings. The third kappa shape index (κ3) is 3.86. The number of aromatic nitrogens is 1. The number of carbonyl (C=O) groups excluding carboxylic acids is 1. The molecule has 1 saturated heterocycles. The molecule has 6 heteroatoms. The van der Waals surface area contributed by atoms with E-state index in [4.69, 9.17) is 4.74 Å². The Morgan fingerprint density at radius 3 is 2.62 bits per heavy atom. The summed E-state index contributed by atoms with van der Waals surface area (Å²) in [6.07, 6.45) is 9.22. The fraction of sp³-hybridized carbons (Fsp3) is 0.700. The number of hydrogen-bond acceptors (Lipinski definition) is 5. The van der Waals surface area contributed by atoms with E-state index in [1.807, 2.05) is 17.2 Å². The zero-order valence-electron chi connectivity index (χ0n) is 15.4. The molecule has 1 atom stereocenters. The van der Waals surface area contributed by atoms with Crippen molar-refractivity contribution in [3.63, 3.8) is 0 Å². The minimum absolute atomic E-state index is 0.177. The molecular weight excluding hydrogens is 330 g/mol. The first kappa shape index (κ1) is 17.7. The third-order valence-electron chi connectivity index (χ3n) is 6.10. The molecular formula is C20H29N3O3. The molecule has 0 spiro atoms. The molecule has 1 aromatic heterocycles. The van der Waals surface area contributed by atoms with Crippen LogP contribution in [0.1, 0.15) is 50.1 Å². The summed E-state index contributed by atoms with van der Waals surface area (Å²) in [5.41, 5.74) is 1.12. The number of pyridine rings is 1. The van der Waals surface area contributed by atoms with Gasteiger partial charge in [-0.15, -0.1) is 0 Å². The molecule has 1 amide bonds. The van der Waals surface area contributed by atoms with Gasteiger partial charge < -0.3 is 20.1 Å². The van der Waals surface area contributed by atoms with Crippen LogP contribution in [-0.2, 0) is 4.79 Å². The van der Waals surface area contributed by atoms with Gasteiger partial charge in [0.1, 0.15) is 5.75 Å². The van der Waals surface area contributed by atoms with Crippen LogP contribution < -0.4 is 10.1 Å². The number of nitrogens with zero attached hydrogens (tertiary/aromatic N) is 2. The molecule has 2 N–H and O–H groups in total. The molecule has 1 aromatic rings. The van der Waals surface area contributed by atoms with Crippen molar-refractivity contribution in [2.75, 3.05) is 20.2 Å². The third-order valence-corrected chi connectivity index (χ3v) is 6.10. The summed E-state index contributed by atoms with van der Waals surface area (Å²) in [6.45, 7) is 1.70. The van der Waals surface area contributed by atoms with Crippen LogP contribution in [0.15, 0.2) is 18.5 Å². The first-order chi connectivity index (χ1) is 12.6. The van der Waals surface area contributed by atoms with Crippen LogP contribution in [-0.4, -0.2) is 53.2 Å². The van der Waals surface area contributed by atoms with E-state index in [9.17, 15) is 9.90 Å². The van der Waals surface area contributed by atoms with Crippen molar-refractivity contribution >= 4 is 5.91 Å². The molecule has 6 nitrogen and oxygen atoms in total. The molecule has 4 rings (SSSR count). The normalized spacial score (nSPS) is 27.7. The predicted molar refractivity (Wildman–Crippen MR) is 97.7 cm³/mol. The summed E-state index contributed by atoms with van der Waals surface area (Å²) < 4.78 is 5.33. The molecule has 2 heterocycles. The molecule has 0 aromatic carbocycles. The van der Waals surface area contributed by atoms with Crippen molar-refractivity contribution in [3.05, 3.63) is 24.0 Å². The summed E-state index contributed by atoms with van der Waals surface area (Å²) in [5, 5.41) is 13.6. The second kappa shape index (κ2) is 7.53. The number of aliphatic hydroxyl groups is 1. The number of piperidine rings is 1. The smallest absolute Gasteiger partial charge is 0.225 e. The van der Waals surface area contributed by atoms with Crippen molar-refractivity contribution in [3.8, 4) is 5.75 Å². The van der Waals surface area contributed by atoms with Crippen molar-refractivity contribution in [1.82, 2.24) is 15.2 Å². The zero-order valence-corrected chi connectivity index (χ0v) is 15.4. The van der Waals surface area contributed by atoms with E-state index in [2.05, 4.69) is 10.3 Å². The first-order valence-electron chi connectivity index (χ1n) is 9.86. The van der Waals surface area contributed by atoms with E-state index in [-0.39, 0.29) is 12.1 Å². The highest BCUT2D eigenvalue weighted by Crippen LogP contribution is 2.39. The number of likely N-dealkylation sites (tertiary alicyclic amines) is 1. The Morgan fingerprint density at radius 2 is 2.00 bits per heavy atom. The molecule has 1 aliphatic heterocycles. The van der Waals surface area contributed by atoms with E-state index in [0.717, 1.165) is 62.9 Å². The van der Waals surface area contributed by atoms with Gasteiger partial charge in [0.2, 0.25) is 5.91 Å². The zero-order chi connectivity index (χ0) is 18.1. The fourth-order valence-corrected chi connectivity index (χ4v) is 4.23. The summed E-state index contributed by atoms with van der Waals surface area (Å²) in [6, 6.07) is 2.62. The van der Waals surface area contributed by atoms with Gasteiger partial charge in [0, 0.05) is 37.3 Å². The van der Waals surface area contributed by atoms with Crippen LogP contribution >= 0.6 is 0 Å². The quantitative estimate of drug-likeness (QED) is 0.811. The van der Waals surface area contributed by atoms with E-state index in [1.54, 1.807) is 13.3 Å². The van der Waals surface area contributed by atoms with Gasteiger partial charge in [-0.1, -0.05) is 0 Å². The minimum atomic E-state index is -0.180. The maximum absolute atomic E-state index is 12.2. The molecule has 3 aliphatic rings. The molecule has 142 valence electrons. The number of rotatable bonds is 6. The van der Waals surface area contributed by atoms with Crippen LogP contribution in [0.4, 0.5) is 0 Å². The average Bonchev–Trinajstić information content (AvgIpc) is 3.49. The summed E-state index contributed by atoms with van der Waals surface area (Å²) in [5.74, 6) is 1.86. The van der Waals surface area contributed by atoms with Crippen LogP contribution in [0, 0.1) is 11.8 Å². The number of aliphatic hydroxyl groups excluding tert-OH is 1. The number of hydrogen-bond donors (Lipinski definition) is 2. The summed E-state index contributed by atoms with van der Waals surface area (Å²) >= 11 is 0. The Hall–Kier alpha value is -1.66. The van der Waals surface area contributed by atoms with E-state index >= 15 is 0 Å². The van der Waals surface area contributed by atoms with Crippen molar-refractivity contribution < 1.29 is 14.6 Å². The van der Waals surface area contributed by atoms with E-state index < -0.39 is 0 Å².